The number of fused-ring (bicyclic) bond motifs is 10. The summed E-state index contributed by atoms with van der Waals surface area (Å²) in [6, 6.07) is 4.11. The molecule has 0 bridgehead atoms. The topological polar surface area (TPSA) is 125 Å². The van der Waals surface area contributed by atoms with Crippen molar-refractivity contribution in [3.8, 4) is 0 Å². The van der Waals surface area contributed by atoms with E-state index in [1.54, 1.807) is 13.8 Å². The number of carbonyl (C=O) groups is 1. The Morgan fingerprint density at radius 2 is 1.71 bits per heavy atom. The molecule has 2 aromatic rings. The van der Waals surface area contributed by atoms with E-state index >= 15 is 0 Å². The summed E-state index contributed by atoms with van der Waals surface area (Å²) in [6.45, 7) is 16.3. The first-order valence-electron chi connectivity index (χ1n) is 17.2. The van der Waals surface area contributed by atoms with Crippen LogP contribution < -0.4 is 0 Å². The van der Waals surface area contributed by atoms with E-state index in [-0.39, 0.29) is 23.0 Å². The average molecular weight is 620 g/mol. The fraction of sp³-hybridized carbons (Fsp3) is 0.757. The quantitative estimate of drug-likeness (QED) is 0.346. The Hall–Kier alpha value is -1.81. The molecule has 11 atom stereocenters. The molecule has 3 saturated heterocycles. The van der Waals surface area contributed by atoms with E-state index in [1.165, 1.54) is 16.6 Å². The highest BCUT2D eigenvalue weighted by molar-refractivity contribution is 6.06. The van der Waals surface area contributed by atoms with Gasteiger partial charge in [0.05, 0.1) is 28.8 Å². The van der Waals surface area contributed by atoms with Crippen LogP contribution >= 0.6 is 0 Å². The van der Waals surface area contributed by atoms with E-state index in [2.05, 4.69) is 52.6 Å². The van der Waals surface area contributed by atoms with Gasteiger partial charge >= 0.3 is 0 Å². The Kier molecular flexibility index (Phi) is 5.26. The van der Waals surface area contributed by atoms with Crippen LogP contribution in [0.4, 0.5) is 0 Å². The lowest BCUT2D eigenvalue weighted by Gasteiger charge is -2.66. The van der Waals surface area contributed by atoms with Gasteiger partial charge in [0.25, 0.3) is 0 Å². The van der Waals surface area contributed by atoms with Crippen LogP contribution in [-0.2, 0) is 32.5 Å². The molecule has 1 aromatic carbocycles. The molecule has 4 heterocycles. The number of nitrogens with one attached hydrogen (secondary N) is 1. The summed E-state index contributed by atoms with van der Waals surface area (Å²) in [5.41, 5.74) is 0.255. The second-order valence-electron chi connectivity index (χ2n) is 17.8. The summed E-state index contributed by atoms with van der Waals surface area (Å²) < 4.78 is 19.4. The molecular formula is C37H49NO7. The first kappa shape index (κ1) is 29.3. The summed E-state index contributed by atoms with van der Waals surface area (Å²) in [6.07, 6.45) is 1.78. The predicted octanol–water partition coefficient (Wildman–Crippen LogP) is 4.52. The van der Waals surface area contributed by atoms with Crippen molar-refractivity contribution < 1.29 is 34.3 Å². The van der Waals surface area contributed by atoms with Gasteiger partial charge in [-0.3, -0.25) is 4.79 Å². The number of Topliss-reactive ketones (excluding diaryl/α,β-unsaturated/α-hetero) is 1. The number of aromatic nitrogens is 1. The monoisotopic (exact) mass is 619 g/mol. The molecule has 7 aliphatic rings. The van der Waals surface area contributed by atoms with Crippen molar-refractivity contribution in [2.24, 2.45) is 23.2 Å². The highest BCUT2D eigenvalue weighted by Gasteiger charge is 2.86. The largest absolute Gasteiger partial charge is 0.388 e. The maximum Gasteiger partial charge on any atom is 0.169 e. The van der Waals surface area contributed by atoms with E-state index < -0.39 is 57.8 Å². The number of rotatable bonds is 1. The summed E-state index contributed by atoms with van der Waals surface area (Å²) in [5, 5.41) is 36.4. The van der Waals surface area contributed by atoms with Crippen LogP contribution in [0, 0.1) is 23.2 Å². The van der Waals surface area contributed by atoms with Crippen LogP contribution in [0.5, 0.6) is 0 Å². The SMILES string of the molecule is CC(C)(O)C1OC2CC[C@@]3(C)[C@@](O)(CC[C@H]4Cc5c([nH]c6ccc7c(c56)C[C@@H]5[C@@H](C7=O)C(C)(C)OC5(C)C)[C@@]43C)[C@]23O[C@@H]3[C@H]1O. The van der Waals surface area contributed by atoms with Gasteiger partial charge in [-0.1, -0.05) is 13.8 Å². The highest BCUT2D eigenvalue weighted by Crippen LogP contribution is 2.75. The Balaban J connectivity index is 1.17. The van der Waals surface area contributed by atoms with Crippen LogP contribution in [0.25, 0.3) is 10.9 Å². The van der Waals surface area contributed by atoms with Crippen molar-refractivity contribution in [2.75, 3.05) is 0 Å². The molecule has 2 saturated carbocycles. The third kappa shape index (κ3) is 3.06. The Labute approximate surface area is 265 Å². The van der Waals surface area contributed by atoms with Crippen LogP contribution in [0.3, 0.4) is 0 Å². The summed E-state index contributed by atoms with van der Waals surface area (Å²) in [4.78, 5) is 18.0. The molecule has 0 amide bonds. The minimum Gasteiger partial charge on any atom is -0.388 e. The molecular weight excluding hydrogens is 570 g/mol. The van der Waals surface area contributed by atoms with Crippen molar-refractivity contribution >= 4 is 16.7 Å². The number of aliphatic hydroxyl groups is 3. The third-order valence-electron chi connectivity index (χ3n) is 14.8. The van der Waals surface area contributed by atoms with Gasteiger partial charge in [0.2, 0.25) is 0 Å². The van der Waals surface area contributed by atoms with Crippen molar-refractivity contribution in [3.63, 3.8) is 0 Å². The standard InChI is InChI=1S/C37H49NO7/c1-31(2,41)29-27(40)30-37(44-30)23(43-29)12-13-34(7)35(8)17(11-14-36(34,37)42)15-20-24-19-16-21-25(33(5,6)45-32(21,3)4)26(39)18(19)9-10-22(24)38-28(20)35/h9-10,17,21,23,25,27,29-30,38,40-42H,11-16H2,1-8H3/t17-,21+,23?,25-,27-,29?,30+,34+,35+,36-,37-/m0/s1. The van der Waals surface area contributed by atoms with Crippen LogP contribution in [0.2, 0.25) is 0 Å². The van der Waals surface area contributed by atoms with Gasteiger partial charge in [-0.15, -0.1) is 0 Å². The van der Waals surface area contributed by atoms with Crippen molar-refractivity contribution in [2.45, 2.75) is 152 Å². The molecule has 5 fully saturated rings. The molecule has 45 heavy (non-hydrogen) atoms. The van der Waals surface area contributed by atoms with Crippen molar-refractivity contribution in [1.82, 2.24) is 4.98 Å². The highest BCUT2D eigenvalue weighted by atomic mass is 16.7. The van der Waals surface area contributed by atoms with Gasteiger partial charge in [0.15, 0.2) is 11.4 Å². The number of epoxide rings is 1. The van der Waals surface area contributed by atoms with Crippen molar-refractivity contribution in [3.05, 3.63) is 34.5 Å². The number of ketones is 1. The minimum atomic E-state index is -1.23. The van der Waals surface area contributed by atoms with E-state index in [0.29, 0.717) is 18.8 Å². The molecule has 1 aromatic heterocycles. The zero-order valence-corrected chi connectivity index (χ0v) is 27.9. The Morgan fingerprint density at radius 3 is 2.42 bits per heavy atom. The van der Waals surface area contributed by atoms with E-state index in [1.807, 2.05) is 6.07 Å². The Morgan fingerprint density at radius 1 is 0.978 bits per heavy atom. The van der Waals surface area contributed by atoms with E-state index in [0.717, 1.165) is 42.3 Å². The summed E-state index contributed by atoms with van der Waals surface area (Å²) in [5.74, 6) is 0.467. The first-order valence-corrected chi connectivity index (χ1v) is 17.2. The number of hydrogen-bond donors (Lipinski definition) is 4. The fourth-order valence-corrected chi connectivity index (χ4v) is 12.6. The molecule has 4 N–H and O–H groups in total. The lowest BCUT2D eigenvalue weighted by Crippen LogP contribution is -2.76. The Bertz CT molecular complexity index is 1690. The molecule has 9 rings (SSSR count). The zero-order chi connectivity index (χ0) is 32.1. The van der Waals surface area contributed by atoms with Crippen LogP contribution in [0.1, 0.15) is 108 Å². The van der Waals surface area contributed by atoms with Gasteiger partial charge in [-0.2, -0.15) is 0 Å². The average Bonchev–Trinajstić information content (AvgIpc) is 3.44. The van der Waals surface area contributed by atoms with E-state index in [9.17, 15) is 20.1 Å². The van der Waals surface area contributed by atoms with E-state index in [4.69, 9.17) is 14.2 Å². The summed E-state index contributed by atoms with van der Waals surface area (Å²) >= 11 is 0. The number of hydrogen-bond acceptors (Lipinski definition) is 7. The van der Waals surface area contributed by atoms with Gasteiger partial charge in [-0.05, 0) is 109 Å². The van der Waals surface area contributed by atoms with Crippen molar-refractivity contribution in [1.29, 1.82) is 0 Å². The second kappa shape index (κ2) is 8.07. The summed E-state index contributed by atoms with van der Waals surface area (Å²) in [7, 11) is 0. The maximum absolute atomic E-state index is 14.2. The molecule has 1 spiro atoms. The minimum absolute atomic E-state index is 0.106. The number of ether oxygens (including phenoxy) is 3. The molecule has 8 nitrogen and oxygen atoms in total. The predicted molar refractivity (Wildman–Crippen MR) is 167 cm³/mol. The molecule has 3 aliphatic heterocycles. The lowest BCUT2D eigenvalue weighted by atomic mass is 9.40. The molecule has 8 heteroatoms. The number of carbonyl (C=O) groups excluding carboxylic acids is 1. The normalized spacial score (nSPS) is 48.5. The van der Waals surface area contributed by atoms with Gasteiger partial charge < -0.3 is 34.5 Å². The zero-order valence-electron chi connectivity index (χ0n) is 27.9. The second-order valence-corrected chi connectivity index (χ2v) is 17.8. The number of benzene rings is 1. The molecule has 2 unspecified atom stereocenters. The fourth-order valence-electron chi connectivity index (χ4n) is 12.6. The maximum atomic E-state index is 14.2. The van der Waals surface area contributed by atoms with Gasteiger partial charge in [0, 0.05) is 38.9 Å². The lowest BCUT2D eigenvalue weighted by molar-refractivity contribution is -0.280. The van der Waals surface area contributed by atoms with Gasteiger partial charge in [0.1, 0.15) is 23.9 Å². The number of aromatic amines is 1. The smallest absolute Gasteiger partial charge is 0.169 e. The molecule has 244 valence electrons. The third-order valence-corrected chi connectivity index (χ3v) is 14.8. The van der Waals surface area contributed by atoms with Crippen LogP contribution in [-0.4, -0.2) is 78.5 Å². The first-order chi connectivity index (χ1) is 20.8. The van der Waals surface area contributed by atoms with Crippen LogP contribution in [0.15, 0.2) is 12.1 Å². The molecule has 0 radical (unpaired) electrons. The number of aliphatic hydroxyl groups excluding tert-OH is 1. The number of H-pyrrole nitrogens is 1. The van der Waals surface area contributed by atoms with Gasteiger partial charge in [-0.25, -0.2) is 0 Å². The molecule has 4 aliphatic carbocycles.